The summed E-state index contributed by atoms with van der Waals surface area (Å²) >= 11 is 1.54. The number of aromatic amines is 1. The van der Waals surface area contributed by atoms with E-state index in [1.165, 1.54) is 0 Å². The van der Waals surface area contributed by atoms with Gasteiger partial charge >= 0.3 is 0 Å². The van der Waals surface area contributed by atoms with Crippen LogP contribution in [0.15, 0.2) is 54.0 Å². The van der Waals surface area contributed by atoms with Gasteiger partial charge in [0.25, 0.3) is 5.91 Å². The molecule has 0 bridgehead atoms. The number of amides is 1. The van der Waals surface area contributed by atoms with Crippen molar-refractivity contribution in [3.63, 3.8) is 0 Å². The smallest absolute Gasteiger partial charge is 0.285 e. The van der Waals surface area contributed by atoms with Gasteiger partial charge in [-0.25, -0.2) is 0 Å². The van der Waals surface area contributed by atoms with Crippen molar-refractivity contribution < 1.29 is 14.4 Å². The third-order valence-electron chi connectivity index (χ3n) is 4.79. The fourth-order valence-corrected chi connectivity index (χ4v) is 4.32. The molecule has 4 rings (SSSR count). The Morgan fingerprint density at radius 1 is 1.07 bits per heavy atom. The minimum atomic E-state index is -1.06. The monoisotopic (exact) mass is 419 g/mol. The highest BCUT2D eigenvalue weighted by atomic mass is 32.1. The van der Waals surface area contributed by atoms with E-state index in [4.69, 9.17) is 5.73 Å². The van der Waals surface area contributed by atoms with Crippen molar-refractivity contribution in [2.24, 2.45) is 11.7 Å². The van der Waals surface area contributed by atoms with Gasteiger partial charge in [0, 0.05) is 23.2 Å². The fraction of sp³-hybridized carbons (Fsp3) is 0.143. The van der Waals surface area contributed by atoms with E-state index in [9.17, 15) is 14.4 Å². The number of pyridine rings is 1. The third-order valence-corrected chi connectivity index (χ3v) is 5.80. The van der Waals surface area contributed by atoms with Crippen molar-refractivity contribution in [3.8, 4) is 11.4 Å². The van der Waals surface area contributed by atoms with Crippen LogP contribution in [0.2, 0.25) is 0 Å². The number of aromatic nitrogens is 4. The average molecular weight is 419 g/mol. The molecule has 0 aliphatic rings. The van der Waals surface area contributed by atoms with Crippen LogP contribution in [0, 0.1) is 5.92 Å². The summed E-state index contributed by atoms with van der Waals surface area (Å²) in [6.45, 7) is 0. The molecule has 0 aliphatic heterocycles. The number of nitrogens with one attached hydrogen (secondary N) is 1. The molecule has 1 amide bonds. The lowest BCUT2D eigenvalue weighted by Crippen LogP contribution is -2.32. The van der Waals surface area contributed by atoms with Crippen LogP contribution in [0.3, 0.4) is 0 Å². The molecule has 0 radical (unpaired) electrons. The van der Waals surface area contributed by atoms with Crippen LogP contribution in [-0.2, 0) is 16.0 Å². The molecule has 1 aromatic carbocycles. The highest BCUT2D eigenvalue weighted by Gasteiger charge is 2.30. The second kappa shape index (κ2) is 8.34. The highest BCUT2D eigenvalue weighted by Crippen LogP contribution is 2.29. The van der Waals surface area contributed by atoms with Gasteiger partial charge in [0.05, 0.1) is 5.69 Å². The molecule has 4 aromatic rings. The Kier molecular flexibility index (Phi) is 5.44. The van der Waals surface area contributed by atoms with Gasteiger partial charge in [0.2, 0.25) is 5.78 Å². The molecule has 8 nitrogen and oxygen atoms in total. The first kappa shape index (κ1) is 19.6. The molecule has 30 heavy (non-hydrogen) atoms. The molecule has 9 heteroatoms. The maximum Gasteiger partial charge on any atom is 0.285 e. The second-order valence-corrected chi connectivity index (χ2v) is 7.66. The molecule has 3 aromatic heterocycles. The maximum absolute atomic E-state index is 13.0. The lowest BCUT2D eigenvalue weighted by molar-refractivity contribution is -0.138. The SMILES string of the molecule is NC(=O)C(=O)C(CC(=O)c1n[nH]nc1-c1ccccn1)Cc1csc2ccccc12. The number of fused-ring (bicyclic) bond motifs is 1. The Morgan fingerprint density at radius 3 is 2.63 bits per heavy atom. The number of nitrogens with two attached hydrogens (primary N) is 1. The average Bonchev–Trinajstić information content (AvgIpc) is 3.41. The summed E-state index contributed by atoms with van der Waals surface area (Å²) in [5, 5.41) is 13.3. The Balaban J connectivity index is 1.62. The number of hydrogen-bond donors (Lipinski definition) is 2. The van der Waals surface area contributed by atoms with E-state index >= 15 is 0 Å². The summed E-state index contributed by atoms with van der Waals surface area (Å²) in [5.41, 5.74) is 7.00. The number of ketones is 2. The van der Waals surface area contributed by atoms with Gasteiger partial charge < -0.3 is 5.73 Å². The zero-order valence-electron chi connectivity index (χ0n) is 15.7. The number of carbonyl (C=O) groups is 3. The molecule has 3 heterocycles. The van der Waals surface area contributed by atoms with Gasteiger partial charge in [-0.2, -0.15) is 15.4 Å². The number of carbonyl (C=O) groups excluding carboxylic acids is 3. The zero-order chi connectivity index (χ0) is 21.1. The van der Waals surface area contributed by atoms with Crippen molar-refractivity contribution in [1.82, 2.24) is 20.4 Å². The predicted molar refractivity (Wildman–Crippen MR) is 112 cm³/mol. The third kappa shape index (κ3) is 3.87. The molecule has 150 valence electrons. The zero-order valence-corrected chi connectivity index (χ0v) is 16.6. The Labute approximate surface area is 175 Å². The normalized spacial score (nSPS) is 12.0. The van der Waals surface area contributed by atoms with E-state index in [1.807, 2.05) is 29.6 Å². The molecular formula is C21H17N5O3S. The minimum absolute atomic E-state index is 0.0751. The summed E-state index contributed by atoms with van der Waals surface area (Å²) in [7, 11) is 0. The van der Waals surface area contributed by atoms with Crippen molar-refractivity contribution in [2.75, 3.05) is 0 Å². The van der Waals surface area contributed by atoms with Crippen molar-refractivity contribution in [3.05, 3.63) is 65.3 Å². The van der Waals surface area contributed by atoms with E-state index in [0.29, 0.717) is 11.4 Å². The maximum atomic E-state index is 13.0. The van der Waals surface area contributed by atoms with Gasteiger partial charge in [-0.3, -0.25) is 19.4 Å². The quantitative estimate of drug-likeness (QED) is 0.333. The Hall–Kier alpha value is -3.72. The molecule has 0 fully saturated rings. The summed E-state index contributed by atoms with van der Waals surface area (Å²) < 4.78 is 1.07. The van der Waals surface area contributed by atoms with Crippen LogP contribution < -0.4 is 5.73 Å². The molecule has 3 N–H and O–H groups in total. The largest absolute Gasteiger partial charge is 0.363 e. The van der Waals surface area contributed by atoms with Crippen molar-refractivity contribution in [2.45, 2.75) is 12.8 Å². The number of Topliss-reactive ketones (excluding diaryl/α,β-unsaturated/α-hetero) is 2. The number of nitrogens with zero attached hydrogens (tertiary/aromatic N) is 3. The first-order valence-corrected chi connectivity index (χ1v) is 10.1. The van der Waals surface area contributed by atoms with E-state index in [0.717, 1.165) is 15.6 Å². The van der Waals surface area contributed by atoms with Gasteiger partial charge in [-0.05, 0) is 40.9 Å². The van der Waals surface area contributed by atoms with Crippen LogP contribution in [0.1, 0.15) is 22.5 Å². The molecule has 1 atom stereocenters. The number of primary amides is 1. The first-order chi connectivity index (χ1) is 14.5. The molecular weight excluding hydrogens is 402 g/mol. The molecule has 0 spiro atoms. The van der Waals surface area contributed by atoms with E-state index in [2.05, 4.69) is 20.4 Å². The number of H-pyrrole nitrogens is 1. The van der Waals surface area contributed by atoms with Gasteiger partial charge in [0.15, 0.2) is 11.5 Å². The summed E-state index contributed by atoms with van der Waals surface area (Å²) in [6, 6.07) is 13.0. The Morgan fingerprint density at radius 2 is 1.87 bits per heavy atom. The van der Waals surface area contributed by atoms with Crippen LogP contribution in [-0.4, -0.2) is 37.9 Å². The van der Waals surface area contributed by atoms with Gasteiger partial charge in [-0.1, -0.05) is 24.3 Å². The number of benzene rings is 1. The fourth-order valence-electron chi connectivity index (χ4n) is 3.34. The van der Waals surface area contributed by atoms with Crippen LogP contribution in [0.4, 0.5) is 0 Å². The highest BCUT2D eigenvalue weighted by molar-refractivity contribution is 7.17. The summed E-state index contributed by atoms with van der Waals surface area (Å²) in [4.78, 5) is 41.3. The molecule has 0 saturated carbocycles. The number of rotatable bonds is 8. The van der Waals surface area contributed by atoms with E-state index in [1.54, 1.807) is 35.7 Å². The van der Waals surface area contributed by atoms with E-state index < -0.39 is 23.4 Å². The van der Waals surface area contributed by atoms with E-state index in [-0.39, 0.29) is 18.5 Å². The number of thiophene rings is 1. The minimum Gasteiger partial charge on any atom is -0.363 e. The van der Waals surface area contributed by atoms with Crippen molar-refractivity contribution in [1.29, 1.82) is 0 Å². The molecule has 1 unspecified atom stereocenters. The van der Waals surface area contributed by atoms with Crippen molar-refractivity contribution >= 4 is 38.9 Å². The number of hydrogen-bond acceptors (Lipinski definition) is 7. The standard InChI is InChI=1S/C21H17N5O3S/c22-21(29)20(28)12(9-13-11-30-17-7-2-1-5-14(13)17)10-16(27)19-18(24-26-25-19)15-6-3-4-8-23-15/h1-8,11-12H,9-10H2,(H2,22,29)(H,24,25,26). The van der Waals surface area contributed by atoms with Gasteiger partial charge in [-0.15, -0.1) is 11.3 Å². The van der Waals surface area contributed by atoms with Crippen LogP contribution in [0.25, 0.3) is 21.5 Å². The van der Waals surface area contributed by atoms with Crippen LogP contribution in [0.5, 0.6) is 0 Å². The predicted octanol–water partition coefficient (Wildman–Crippen LogP) is 2.57. The van der Waals surface area contributed by atoms with Gasteiger partial charge in [0.1, 0.15) is 5.69 Å². The molecule has 0 aliphatic carbocycles. The summed E-state index contributed by atoms with van der Waals surface area (Å²) in [5.74, 6) is -3.14. The lowest BCUT2D eigenvalue weighted by atomic mass is 9.89. The summed E-state index contributed by atoms with van der Waals surface area (Å²) in [6.07, 6.45) is 1.60. The molecule has 0 saturated heterocycles. The second-order valence-electron chi connectivity index (χ2n) is 6.75. The lowest BCUT2D eigenvalue weighted by Gasteiger charge is -2.13. The Bertz CT molecular complexity index is 1230. The van der Waals surface area contributed by atoms with Crippen LogP contribution >= 0.6 is 11.3 Å². The topological polar surface area (TPSA) is 132 Å². The first-order valence-electron chi connectivity index (χ1n) is 9.18.